The summed E-state index contributed by atoms with van der Waals surface area (Å²) >= 11 is 0. The van der Waals surface area contributed by atoms with Crippen molar-refractivity contribution in [3.63, 3.8) is 0 Å². The van der Waals surface area contributed by atoms with E-state index in [2.05, 4.69) is 11.9 Å². The van der Waals surface area contributed by atoms with Gasteiger partial charge in [-0.2, -0.15) is 0 Å². The van der Waals surface area contributed by atoms with Gasteiger partial charge in [0.05, 0.1) is 6.61 Å². The zero-order valence-electron chi connectivity index (χ0n) is 6.02. The van der Waals surface area contributed by atoms with Crippen molar-refractivity contribution in [2.45, 2.75) is 6.42 Å². The molecular formula is C7H15NO. The smallest absolute Gasteiger partial charge is 0.0587 e. The molecule has 0 atom stereocenters. The summed E-state index contributed by atoms with van der Waals surface area (Å²) in [6, 6.07) is 0. The zero-order valence-corrected chi connectivity index (χ0v) is 6.02. The molecule has 0 saturated carbocycles. The number of methoxy groups -OCH3 is 1. The fourth-order valence-corrected chi connectivity index (χ4v) is 0.503. The molecule has 0 fully saturated rings. The highest BCUT2D eigenvalue weighted by Gasteiger charge is 1.81. The molecule has 0 aromatic rings. The molecule has 54 valence electrons. The van der Waals surface area contributed by atoms with Gasteiger partial charge in [-0.25, -0.2) is 0 Å². The fraction of sp³-hybridized carbons (Fsp3) is 0.714. The van der Waals surface area contributed by atoms with Crippen LogP contribution < -0.4 is 5.32 Å². The monoisotopic (exact) mass is 129 g/mol. The molecular weight excluding hydrogens is 114 g/mol. The van der Waals surface area contributed by atoms with E-state index in [1.165, 1.54) is 0 Å². The highest BCUT2D eigenvalue weighted by Crippen LogP contribution is 1.73. The predicted octanol–water partition coefficient (Wildman–Crippen LogP) is 0.798. The molecule has 2 heteroatoms. The Morgan fingerprint density at radius 2 is 2.33 bits per heavy atom. The van der Waals surface area contributed by atoms with Crippen molar-refractivity contribution in [2.75, 3.05) is 26.8 Å². The zero-order chi connectivity index (χ0) is 6.95. The maximum absolute atomic E-state index is 4.83. The van der Waals surface area contributed by atoms with E-state index in [9.17, 15) is 0 Å². The summed E-state index contributed by atoms with van der Waals surface area (Å²) in [7, 11) is 1.70. The summed E-state index contributed by atoms with van der Waals surface area (Å²) in [6.45, 7) is 6.34. The Balaban J connectivity index is 2.66. The van der Waals surface area contributed by atoms with Crippen LogP contribution in [0.15, 0.2) is 12.7 Å². The molecule has 0 rings (SSSR count). The molecule has 0 spiro atoms. The normalized spacial score (nSPS) is 9.44. The Kier molecular flexibility index (Phi) is 7.37. The molecule has 0 saturated heterocycles. The van der Waals surface area contributed by atoms with Gasteiger partial charge in [0.25, 0.3) is 0 Å². The number of rotatable bonds is 6. The van der Waals surface area contributed by atoms with Crippen molar-refractivity contribution in [1.82, 2.24) is 5.32 Å². The Hall–Kier alpha value is -0.340. The highest BCUT2D eigenvalue weighted by molar-refractivity contribution is 4.66. The van der Waals surface area contributed by atoms with Crippen LogP contribution in [0, 0.1) is 0 Å². The van der Waals surface area contributed by atoms with Gasteiger partial charge in [-0.15, -0.1) is 6.58 Å². The topological polar surface area (TPSA) is 21.3 Å². The lowest BCUT2D eigenvalue weighted by Crippen LogP contribution is -2.19. The van der Waals surface area contributed by atoms with Crippen molar-refractivity contribution >= 4 is 0 Å². The number of nitrogens with one attached hydrogen (secondary N) is 1. The quantitative estimate of drug-likeness (QED) is 0.423. The van der Waals surface area contributed by atoms with E-state index in [0.29, 0.717) is 0 Å². The van der Waals surface area contributed by atoms with E-state index in [0.717, 1.165) is 26.1 Å². The van der Waals surface area contributed by atoms with Gasteiger partial charge in [-0.1, -0.05) is 6.08 Å². The summed E-state index contributed by atoms with van der Waals surface area (Å²) < 4.78 is 4.83. The first-order valence-corrected chi connectivity index (χ1v) is 3.22. The first-order valence-electron chi connectivity index (χ1n) is 3.22. The maximum atomic E-state index is 4.83. The Morgan fingerprint density at radius 1 is 1.56 bits per heavy atom. The third-order valence-corrected chi connectivity index (χ3v) is 1.01. The average Bonchev–Trinajstić information content (AvgIpc) is 1.89. The molecule has 2 nitrogen and oxygen atoms in total. The molecule has 0 aliphatic rings. The van der Waals surface area contributed by atoms with Gasteiger partial charge in [0.15, 0.2) is 0 Å². The van der Waals surface area contributed by atoms with Crippen LogP contribution in [0.4, 0.5) is 0 Å². The van der Waals surface area contributed by atoms with E-state index in [-0.39, 0.29) is 0 Å². The predicted molar refractivity (Wildman–Crippen MR) is 39.6 cm³/mol. The van der Waals surface area contributed by atoms with Crippen molar-refractivity contribution in [1.29, 1.82) is 0 Å². The molecule has 1 N–H and O–H groups in total. The lowest BCUT2D eigenvalue weighted by atomic mass is 10.4. The molecule has 0 aliphatic carbocycles. The molecule has 0 bridgehead atoms. The average molecular weight is 129 g/mol. The Bertz CT molecular complexity index is 63.9. The number of hydrogen-bond acceptors (Lipinski definition) is 2. The van der Waals surface area contributed by atoms with Crippen molar-refractivity contribution in [3.8, 4) is 0 Å². The van der Waals surface area contributed by atoms with Crippen LogP contribution in [0.5, 0.6) is 0 Å². The summed E-state index contributed by atoms with van der Waals surface area (Å²) in [5.74, 6) is 0. The van der Waals surface area contributed by atoms with E-state index in [1.807, 2.05) is 6.08 Å². The Morgan fingerprint density at radius 3 is 2.89 bits per heavy atom. The van der Waals surface area contributed by atoms with E-state index < -0.39 is 0 Å². The summed E-state index contributed by atoms with van der Waals surface area (Å²) in [5, 5.41) is 3.19. The minimum atomic E-state index is 0.789. The molecule has 0 aromatic heterocycles. The Labute approximate surface area is 56.9 Å². The fourth-order valence-electron chi connectivity index (χ4n) is 0.503. The molecule has 0 unspecified atom stereocenters. The third-order valence-electron chi connectivity index (χ3n) is 1.01. The standard InChI is InChI=1S/C7H15NO/c1-3-4-5-8-6-7-9-2/h3,8H,1,4-7H2,2H3. The van der Waals surface area contributed by atoms with Crippen molar-refractivity contribution in [2.24, 2.45) is 0 Å². The van der Waals surface area contributed by atoms with Gasteiger partial charge in [0.2, 0.25) is 0 Å². The van der Waals surface area contributed by atoms with Gasteiger partial charge in [0.1, 0.15) is 0 Å². The van der Waals surface area contributed by atoms with Crippen LogP contribution in [-0.2, 0) is 4.74 Å². The minimum Gasteiger partial charge on any atom is -0.383 e. The van der Waals surface area contributed by atoms with Crippen LogP contribution in [0.3, 0.4) is 0 Å². The number of ether oxygens (including phenoxy) is 1. The third kappa shape index (κ3) is 7.66. The van der Waals surface area contributed by atoms with Gasteiger partial charge >= 0.3 is 0 Å². The highest BCUT2D eigenvalue weighted by atomic mass is 16.5. The van der Waals surface area contributed by atoms with E-state index in [4.69, 9.17) is 4.74 Å². The molecule has 0 amide bonds. The van der Waals surface area contributed by atoms with E-state index in [1.54, 1.807) is 7.11 Å². The van der Waals surface area contributed by atoms with Crippen LogP contribution in [0.1, 0.15) is 6.42 Å². The molecule has 0 radical (unpaired) electrons. The van der Waals surface area contributed by atoms with Crippen LogP contribution in [0.2, 0.25) is 0 Å². The second-order valence-electron chi connectivity index (χ2n) is 1.82. The van der Waals surface area contributed by atoms with E-state index >= 15 is 0 Å². The SMILES string of the molecule is C=CCCNCCOC. The molecule has 0 heterocycles. The summed E-state index contributed by atoms with van der Waals surface area (Å²) in [6.07, 6.45) is 2.93. The minimum absolute atomic E-state index is 0.789. The molecule has 0 aliphatic heterocycles. The molecule has 0 aromatic carbocycles. The van der Waals surface area contributed by atoms with Gasteiger partial charge < -0.3 is 10.1 Å². The maximum Gasteiger partial charge on any atom is 0.0587 e. The van der Waals surface area contributed by atoms with Crippen LogP contribution in [-0.4, -0.2) is 26.8 Å². The molecule has 9 heavy (non-hydrogen) atoms. The number of hydrogen-bond donors (Lipinski definition) is 1. The first-order chi connectivity index (χ1) is 4.41. The van der Waals surface area contributed by atoms with Gasteiger partial charge in [0, 0.05) is 13.7 Å². The van der Waals surface area contributed by atoms with Gasteiger partial charge in [-0.3, -0.25) is 0 Å². The lowest BCUT2D eigenvalue weighted by Gasteiger charge is -1.99. The second kappa shape index (κ2) is 7.66. The van der Waals surface area contributed by atoms with Gasteiger partial charge in [-0.05, 0) is 13.0 Å². The van der Waals surface area contributed by atoms with Crippen LogP contribution >= 0.6 is 0 Å². The largest absolute Gasteiger partial charge is 0.383 e. The van der Waals surface area contributed by atoms with Crippen molar-refractivity contribution < 1.29 is 4.74 Å². The summed E-state index contributed by atoms with van der Waals surface area (Å²) in [5.41, 5.74) is 0. The van der Waals surface area contributed by atoms with Crippen molar-refractivity contribution in [3.05, 3.63) is 12.7 Å². The lowest BCUT2D eigenvalue weighted by molar-refractivity contribution is 0.199. The first kappa shape index (κ1) is 8.66. The summed E-state index contributed by atoms with van der Waals surface area (Å²) in [4.78, 5) is 0. The van der Waals surface area contributed by atoms with Crippen LogP contribution in [0.25, 0.3) is 0 Å². The second-order valence-corrected chi connectivity index (χ2v) is 1.82.